The van der Waals surface area contributed by atoms with Gasteiger partial charge in [0.25, 0.3) is 0 Å². The van der Waals surface area contributed by atoms with E-state index in [2.05, 4.69) is 0 Å². The fraction of sp³-hybridized carbons (Fsp3) is 0. The highest BCUT2D eigenvalue weighted by Gasteiger charge is 2.15. The lowest BCUT2D eigenvalue weighted by Crippen LogP contribution is -1.86. The van der Waals surface area contributed by atoms with Crippen LogP contribution in [0.1, 0.15) is 0 Å². The first-order valence-corrected chi connectivity index (χ1v) is 2.55. The molecule has 68 valence electrons. The van der Waals surface area contributed by atoms with Gasteiger partial charge >= 0.3 is 0 Å². The first kappa shape index (κ1) is 10.7. The van der Waals surface area contributed by atoms with E-state index in [1.165, 1.54) is 0 Å². The number of hydrogen-bond donors (Lipinski definition) is 1. The van der Waals surface area contributed by atoms with Gasteiger partial charge in [-0.05, 0) is 0 Å². The summed E-state index contributed by atoms with van der Waals surface area (Å²) in [6.45, 7) is 0. The molecule has 0 aliphatic carbocycles. The Morgan fingerprint density at radius 1 is 0.917 bits per heavy atom. The van der Waals surface area contributed by atoms with E-state index in [9.17, 15) is 22.0 Å². The normalized spacial score (nSPS) is 16.1. The minimum absolute atomic E-state index is 0.694. The zero-order valence-corrected chi connectivity index (χ0v) is 5.49. The van der Waals surface area contributed by atoms with Gasteiger partial charge in [0.05, 0.1) is 0 Å². The van der Waals surface area contributed by atoms with E-state index in [0.29, 0.717) is 0 Å². The Balaban J connectivity index is 4.95. The summed E-state index contributed by atoms with van der Waals surface area (Å²) >= 11 is 0. The minimum Gasteiger partial charge on any atom is -0.503 e. The second-order valence-corrected chi connectivity index (χ2v) is 1.58. The topological polar surface area (TPSA) is 20.2 Å². The molecule has 0 aromatic heterocycles. The van der Waals surface area contributed by atoms with Crippen LogP contribution in [0.25, 0.3) is 0 Å². The highest BCUT2D eigenvalue weighted by atomic mass is 19.2. The van der Waals surface area contributed by atoms with Gasteiger partial charge in [-0.15, -0.1) is 0 Å². The zero-order valence-electron chi connectivity index (χ0n) is 5.49. The Kier molecular flexibility index (Phi) is 4.03. The Labute approximate surface area is 64.1 Å². The maximum atomic E-state index is 12.1. The number of hydrogen-bond acceptors (Lipinski definition) is 1. The van der Waals surface area contributed by atoms with Gasteiger partial charge in [0.15, 0.2) is 11.6 Å². The summed E-state index contributed by atoms with van der Waals surface area (Å²) in [6, 6.07) is 0. The molecular formula is C6H3F5O. The maximum absolute atomic E-state index is 12.1. The molecule has 0 unspecified atom stereocenters. The summed E-state index contributed by atoms with van der Waals surface area (Å²) in [7, 11) is 0. The monoisotopic (exact) mass is 186 g/mol. The standard InChI is InChI=1S/C6H3F5O/c7-1-3(9)5(10)6(11)4(12)2-8/h1-2,12H/b3-1-,4-2-,6-5-. The fourth-order valence-electron chi connectivity index (χ4n) is 0.313. The van der Waals surface area contributed by atoms with E-state index in [1.807, 2.05) is 0 Å². The first-order valence-electron chi connectivity index (χ1n) is 2.55. The van der Waals surface area contributed by atoms with Crippen molar-refractivity contribution in [3.8, 4) is 0 Å². The summed E-state index contributed by atoms with van der Waals surface area (Å²) in [6.07, 6.45) is -1.55. The molecule has 0 aliphatic rings. The number of aliphatic hydroxyl groups excluding tert-OH is 1. The van der Waals surface area contributed by atoms with Crippen LogP contribution in [-0.4, -0.2) is 5.11 Å². The van der Waals surface area contributed by atoms with Crippen LogP contribution in [0.3, 0.4) is 0 Å². The molecule has 12 heavy (non-hydrogen) atoms. The van der Waals surface area contributed by atoms with Crippen molar-refractivity contribution < 1.29 is 27.1 Å². The highest BCUT2D eigenvalue weighted by molar-refractivity contribution is 5.29. The average Bonchev–Trinajstić information content (AvgIpc) is 2.12. The third-order valence-electron chi connectivity index (χ3n) is 0.826. The quantitative estimate of drug-likeness (QED) is 0.398. The molecule has 0 spiro atoms. The molecule has 0 bridgehead atoms. The SMILES string of the molecule is OC(=C\F)/C(F)=C(F)\C(F)=C\F. The molecular weight excluding hydrogens is 183 g/mol. The van der Waals surface area contributed by atoms with Gasteiger partial charge in [-0.1, -0.05) is 0 Å². The van der Waals surface area contributed by atoms with Crippen molar-refractivity contribution in [3.05, 3.63) is 35.9 Å². The Morgan fingerprint density at radius 2 is 1.42 bits per heavy atom. The summed E-state index contributed by atoms with van der Waals surface area (Å²) in [4.78, 5) is 0. The summed E-state index contributed by atoms with van der Waals surface area (Å²) in [5.41, 5.74) is 0. The number of rotatable bonds is 2. The molecule has 0 radical (unpaired) electrons. The van der Waals surface area contributed by atoms with Crippen molar-refractivity contribution in [1.82, 2.24) is 0 Å². The van der Waals surface area contributed by atoms with Crippen LogP contribution in [0.4, 0.5) is 22.0 Å². The van der Waals surface area contributed by atoms with Crippen LogP contribution < -0.4 is 0 Å². The van der Waals surface area contributed by atoms with Crippen molar-refractivity contribution in [2.75, 3.05) is 0 Å². The van der Waals surface area contributed by atoms with Gasteiger partial charge in [-0.3, -0.25) is 0 Å². The number of aliphatic hydroxyl groups is 1. The van der Waals surface area contributed by atoms with Gasteiger partial charge in [-0.25, -0.2) is 17.6 Å². The number of halogens is 5. The molecule has 1 N–H and O–H groups in total. The maximum Gasteiger partial charge on any atom is 0.205 e. The molecule has 1 nitrogen and oxygen atoms in total. The molecule has 0 aromatic rings. The molecule has 0 rings (SSSR count). The third-order valence-corrected chi connectivity index (χ3v) is 0.826. The van der Waals surface area contributed by atoms with Crippen LogP contribution >= 0.6 is 0 Å². The largest absolute Gasteiger partial charge is 0.503 e. The van der Waals surface area contributed by atoms with Crippen LogP contribution in [0, 0.1) is 0 Å². The Hall–Kier alpha value is -1.33. The first-order chi connectivity index (χ1) is 5.54. The molecule has 0 amide bonds. The summed E-state index contributed by atoms with van der Waals surface area (Å²) in [5.74, 6) is -8.42. The van der Waals surface area contributed by atoms with Crippen molar-refractivity contribution in [1.29, 1.82) is 0 Å². The molecule has 0 fully saturated rings. The molecule has 0 heterocycles. The summed E-state index contributed by atoms with van der Waals surface area (Å²) in [5, 5.41) is 8.14. The lowest BCUT2D eigenvalue weighted by Gasteiger charge is -1.94. The van der Waals surface area contributed by atoms with E-state index in [-0.39, 0.29) is 0 Å². The second kappa shape index (κ2) is 4.53. The lowest BCUT2D eigenvalue weighted by atomic mass is 10.3. The van der Waals surface area contributed by atoms with Gasteiger partial charge in [0.1, 0.15) is 12.7 Å². The predicted octanol–water partition coefficient (Wildman–Crippen LogP) is 3.29. The van der Waals surface area contributed by atoms with E-state index in [1.54, 1.807) is 0 Å². The van der Waals surface area contributed by atoms with Gasteiger partial charge < -0.3 is 5.11 Å². The lowest BCUT2D eigenvalue weighted by molar-refractivity contribution is 0.360. The second-order valence-electron chi connectivity index (χ2n) is 1.58. The van der Waals surface area contributed by atoms with Crippen molar-refractivity contribution >= 4 is 0 Å². The molecule has 6 heteroatoms. The average molecular weight is 186 g/mol. The fourth-order valence-corrected chi connectivity index (χ4v) is 0.313. The molecule has 0 saturated carbocycles. The van der Waals surface area contributed by atoms with Gasteiger partial charge in [0.2, 0.25) is 11.7 Å². The van der Waals surface area contributed by atoms with Crippen molar-refractivity contribution in [2.24, 2.45) is 0 Å². The molecule has 0 saturated heterocycles. The third kappa shape index (κ3) is 2.37. The zero-order chi connectivity index (χ0) is 9.72. The van der Waals surface area contributed by atoms with Crippen LogP contribution in [-0.2, 0) is 0 Å². The minimum atomic E-state index is -2.30. The van der Waals surface area contributed by atoms with Crippen LogP contribution in [0.5, 0.6) is 0 Å². The van der Waals surface area contributed by atoms with Crippen molar-refractivity contribution in [2.45, 2.75) is 0 Å². The smallest absolute Gasteiger partial charge is 0.205 e. The van der Waals surface area contributed by atoms with E-state index >= 15 is 0 Å². The van der Waals surface area contributed by atoms with E-state index in [4.69, 9.17) is 5.11 Å². The Bertz CT molecular complexity index is 227. The molecule has 0 aliphatic heterocycles. The highest BCUT2D eigenvalue weighted by Crippen LogP contribution is 2.23. The predicted molar refractivity (Wildman–Crippen MR) is 31.4 cm³/mol. The van der Waals surface area contributed by atoms with Crippen LogP contribution in [0.15, 0.2) is 35.9 Å². The van der Waals surface area contributed by atoms with Gasteiger partial charge in [0, 0.05) is 0 Å². The molecule has 0 aromatic carbocycles. The molecule has 0 atom stereocenters. The summed E-state index contributed by atoms with van der Waals surface area (Å²) < 4.78 is 58.5. The van der Waals surface area contributed by atoms with E-state index < -0.39 is 35.9 Å². The van der Waals surface area contributed by atoms with Crippen molar-refractivity contribution in [3.63, 3.8) is 0 Å². The van der Waals surface area contributed by atoms with Crippen LogP contribution in [0.2, 0.25) is 0 Å². The van der Waals surface area contributed by atoms with E-state index in [0.717, 1.165) is 0 Å². The Morgan fingerprint density at radius 3 is 1.75 bits per heavy atom. The number of allylic oxidation sites excluding steroid dienone is 3. The van der Waals surface area contributed by atoms with Gasteiger partial charge in [-0.2, -0.15) is 4.39 Å².